The van der Waals surface area contributed by atoms with Crippen LogP contribution in [0.4, 0.5) is 0 Å². The van der Waals surface area contributed by atoms with E-state index in [0.29, 0.717) is 6.08 Å². The minimum atomic E-state index is -1.65. The number of esters is 1. The van der Waals surface area contributed by atoms with Crippen LogP contribution in [0.2, 0.25) is 0 Å². The van der Waals surface area contributed by atoms with Gasteiger partial charge in [0.1, 0.15) is 0 Å². The molecule has 0 aromatic carbocycles. The number of hydrogen-bond acceptors (Lipinski definition) is 6. The van der Waals surface area contributed by atoms with Gasteiger partial charge in [-0.1, -0.05) is 6.58 Å². The largest absolute Gasteiger partial charge is 0.545 e. The van der Waals surface area contributed by atoms with Gasteiger partial charge >= 0.3 is 5.97 Å². The molecule has 88 valence electrons. The molecule has 0 heterocycles. The Balaban J connectivity index is 4.26. The van der Waals surface area contributed by atoms with Gasteiger partial charge in [0.25, 0.3) is 0 Å². The molecule has 0 fully saturated rings. The molecule has 0 aliphatic rings. The van der Waals surface area contributed by atoms with Crippen molar-refractivity contribution in [2.75, 3.05) is 6.61 Å². The second-order valence-corrected chi connectivity index (χ2v) is 2.94. The fourth-order valence-corrected chi connectivity index (χ4v) is 0.752. The lowest BCUT2D eigenvalue weighted by molar-refractivity contribution is -0.303. The van der Waals surface area contributed by atoms with Crippen LogP contribution < -0.4 is 10.2 Å². The summed E-state index contributed by atoms with van der Waals surface area (Å²) in [4.78, 5) is 31.4. The van der Waals surface area contributed by atoms with E-state index in [4.69, 9.17) is 0 Å². The number of carboxylic acids is 2. The zero-order valence-electron chi connectivity index (χ0n) is 8.65. The molecule has 6 heteroatoms. The molecule has 6 nitrogen and oxygen atoms in total. The van der Waals surface area contributed by atoms with Crippen LogP contribution >= 0.6 is 0 Å². The van der Waals surface area contributed by atoms with Crippen molar-refractivity contribution in [2.45, 2.75) is 13.3 Å². The van der Waals surface area contributed by atoms with Crippen LogP contribution in [-0.4, -0.2) is 24.5 Å². The Hall–Kier alpha value is -2.11. The van der Waals surface area contributed by atoms with E-state index in [1.165, 1.54) is 6.92 Å². The van der Waals surface area contributed by atoms with Crippen molar-refractivity contribution in [3.63, 3.8) is 0 Å². The third-order valence-corrected chi connectivity index (χ3v) is 1.51. The molecular formula is C10H10O6-2. The Morgan fingerprint density at radius 1 is 1.31 bits per heavy atom. The molecule has 0 saturated heterocycles. The quantitative estimate of drug-likeness (QED) is 0.380. The van der Waals surface area contributed by atoms with E-state index in [-0.39, 0.29) is 18.6 Å². The third kappa shape index (κ3) is 5.58. The van der Waals surface area contributed by atoms with Crippen LogP contribution in [0, 0.1) is 0 Å². The van der Waals surface area contributed by atoms with Gasteiger partial charge in [0, 0.05) is 12.0 Å². The lowest BCUT2D eigenvalue weighted by Crippen LogP contribution is -2.28. The monoisotopic (exact) mass is 226 g/mol. The van der Waals surface area contributed by atoms with Crippen LogP contribution in [0.25, 0.3) is 0 Å². The minimum Gasteiger partial charge on any atom is -0.545 e. The van der Waals surface area contributed by atoms with E-state index in [2.05, 4.69) is 11.3 Å². The summed E-state index contributed by atoms with van der Waals surface area (Å²) in [7, 11) is 0. The number of hydrogen-bond donors (Lipinski definition) is 0. The summed E-state index contributed by atoms with van der Waals surface area (Å²) < 4.78 is 4.58. The fourth-order valence-electron chi connectivity index (χ4n) is 0.752. The normalized spacial score (nSPS) is 10.7. The number of carbonyl (C=O) groups is 3. The molecule has 0 bridgehead atoms. The number of ether oxygens (including phenoxy) is 1. The van der Waals surface area contributed by atoms with Gasteiger partial charge in [0.15, 0.2) is 0 Å². The predicted octanol–water partition coefficient (Wildman–Crippen LogP) is -2.08. The predicted molar refractivity (Wildman–Crippen MR) is 48.5 cm³/mol. The average Bonchev–Trinajstić information content (AvgIpc) is 2.14. The molecule has 16 heavy (non-hydrogen) atoms. The molecule has 0 unspecified atom stereocenters. The highest BCUT2D eigenvalue weighted by atomic mass is 16.5. The molecule has 0 radical (unpaired) electrons. The number of carboxylic acid groups (broad SMARTS) is 2. The lowest BCUT2D eigenvalue weighted by Gasteiger charge is -2.09. The van der Waals surface area contributed by atoms with E-state index in [1.807, 2.05) is 0 Å². The number of aliphatic carboxylic acids is 2. The Kier molecular flexibility index (Phi) is 5.55. The summed E-state index contributed by atoms with van der Waals surface area (Å²) in [5.41, 5.74) is -0.339. The van der Waals surface area contributed by atoms with Crippen LogP contribution in [0.15, 0.2) is 23.8 Å². The SMILES string of the molecule is C=C(C)C(=O)OCC/C(=C/C(=O)[O-])C(=O)[O-]. The van der Waals surface area contributed by atoms with Gasteiger partial charge in [-0.3, -0.25) is 0 Å². The summed E-state index contributed by atoms with van der Waals surface area (Å²) in [6, 6.07) is 0. The first kappa shape index (κ1) is 13.9. The first-order chi connectivity index (χ1) is 7.34. The van der Waals surface area contributed by atoms with Gasteiger partial charge in [-0.25, -0.2) is 4.79 Å². The lowest BCUT2D eigenvalue weighted by atomic mass is 10.2. The number of rotatable bonds is 6. The van der Waals surface area contributed by atoms with Crippen molar-refractivity contribution in [1.29, 1.82) is 0 Å². The Morgan fingerprint density at radius 2 is 1.88 bits per heavy atom. The zero-order valence-corrected chi connectivity index (χ0v) is 8.65. The minimum absolute atomic E-state index is 0.166. The molecule has 0 N–H and O–H groups in total. The molecule has 0 rings (SSSR count). The van der Waals surface area contributed by atoms with Gasteiger partial charge in [-0.2, -0.15) is 0 Å². The summed E-state index contributed by atoms with van der Waals surface area (Å²) in [6.07, 6.45) is 0.124. The van der Waals surface area contributed by atoms with E-state index < -0.39 is 23.5 Å². The Bertz CT molecular complexity index is 352. The molecule has 0 saturated carbocycles. The van der Waals surface area contributed by atoms with E-state index in [1.54, 1.807) is 0 Å². The molecule has 0 amide bonds. The van der Waals surface area contributed by atoms with Crippen molar-refractivity contribution in [2.24, 2.45) is 0 Å². The van der Waals surface area contributed by atoms with Crippen LogP contribution in [-0.2, 0) is 19.1 Å². The highest BCUT2D eigenvalue weighted by molar-refractivity contribution is 5.92. The van der Waals surface area contributed by atoms with Gasteiger partial charge in [0.05, 0.1) is 18.5 Å². The molecule has 0 spiro atoms. The molecular weight excluding hydrogens is 216 g/mol. The highest BCUT2D eigenvalue weighted by Crippen LogP contribution is 2.02. The van der Waals surface area contributed by atoms with E-state index in [9.17, 15) is 24.6 Å². The average molecular weight is 226 g/mol. The molecule has 0 atom stereocenters. The van der Waals surface area contributed by atoms with Crippen molar-refractivity contribution in [3.05, 3.63) is 23.8 Å². The second kappa shape index (κ2) is 6.39. The third-order valence-electron chi connectivity index (χ3n) is 1.51. The van der Waals surface area contributed by atoms with Crippen molar-refractivity contribution >= 4 is 17.9 Å². The second-order valence-electron chi connectivity index (χ2n) is 2.94. The van der Waals surface area contributed by atoms with Crippen LogP contribution in [0.3, 0.4) is 0 Å². The van der Waals surface area contributed by atoms with Gasteiger partial charge < -0.3 is 24.5 Å². The van der Waals surface area contributed by atoms with Crippen molar-refractivity contribution in [1.82, 2.24) is 0 Å². The van der Waals surface area contributed by atoms with E-state index in [0.717, 1.165) is 0 Å². The van der Waals surface area contributed by atoms with Crippen molar-refractivity contribution < 1.29 is 29.3 Å². The first-order valence-corrected chi connectivity index (χ1v) is 4.30. The highest BCUT2D eigenvalue weighted by Gasteiger charge is 2.04. The maximum atomic E-state index is 10.9. The summed E-state index contributed by atoms with van der Waals surface area (Å²) >= 11 is 0. The van der Waals surface area contributed by atoms with Crippen LogP contribution in [0.5, 0.6) is 0 Å². The molecule has 0 aromatic heterocycles. The van der Waals surface area contributed by atoms with Gasteiger partial charge in [-0.05, 0) is 18.6 Å². The fraction of sp³-hybridized carbons (Fsp3) is 0.300. The molecule has 0 aromatic rings. The zero-order chi connectivity index (χ0) is 12.7. The smallest absolute Gasteiger partial charge is 0.333 e. The Morgan fingerprint density at radius 3 is 2.25 bits per heavy atom. The maximum Gasteiger partial charge on any atom is 0.333 e. The first-order valence-electron chi connectivity index (χ1n) is 4.30. The molecule has 0 aliphatic carbocycles. The Labute approximate surface area is 91.8 Å². The van der Waals surface area contributed by atoms with Crippen LogP contribution in [0.1, 0.15) is 13.3 Å². The standard InChI is InChI=1S/C10H12O6/c1-6(2)10(15)16-4-3-7(9(13)14)5-8(11)12/h5H,1,3-4H2,2H3,(H,11,12)(H,13,14)/p-2/b7-5-. The maximum absolute atomic E-state index is 10.9. The summed E-state index contributed by atoms with van der Waals surface area (Å²) in [5, 5.41) is 20.5. The summed E-state index contributed by atoms with van der Waals surface area (Å²) in [5.74, 6) is -3.97. The number of carbonyl (C=O) groups excluding carboxylic acids is 3. The van der Waals surface area contributed by atoms with E-state index >= 15 is 0 Å². The molecule has 0 aliphatic heterocycles. The van der Waals surface area contributed by atoms with Gasteiger partial charge in [0.2, 0.25) is 0 Å². The topological polar surface area (TPSA) is 107 Å². The van der Waals surface area contributed by atoms with Crippen molar-refractivity contribution in [3.8, 4) is 0 Å². The van der Waals surface area contributed by atoms with Gasteiger partial charge in [-0.15, -0.1) is 0 Å². The summed E-state index contributed by atoms with van der Waals surface area (Å²) in [6.45, 7) is 4.48.